The average molecular weight is 474 g/mol. The van der Waals surface area contributed by atoms with E-state index in [2.05, 4.69) is 4.98 Å². The Labute approximate surface area is 190 Å². The van der Waals surface area contributed by atoms with Gasteiger partial charge < -0.3 is 19.0 Å². The predicted octanol–water partition coefficient (Wildman–Crippen LogP) is 5.21. The van der Waals surface area contributed by atoms with Crippen LogP contribution in [0.15, 0.2) is 6.07 Å². The van der Waals surface area contributed by atoms with Gasteiger partial charge in [-0.15, -0.1) is 0 Å². The number of carbonyl (C=O) groups excluding carboxylic acids is 1. The van der Waals surface area contributed by atoms with Gasteiger partial charge in [0.25, 0.3) is 12.4 Å². The molecule has 33 heavy (non-hydrogen) atoms. The molecule has 1 aliphatic rings. The maximum atomic E-state index is 14.8. The summed E-state index contributed by atoms with van der Waals surface area (Å²) in [5.74, 6) is -2.18. The van der Waals surface area contributed by atoms with Gasteiger partial charge in [0.05, 0.1) is 12.2 Å². The van der Waals surface area contributed by atoms with E-state index in [4.69, 9.17) is 14.2 Å². The van der Waals surface area contributed by atoms with E-state index in [0.717, 1.165) is 12.8 Å². The quantitative estimate of drug-likeness (QED) is 0.443. The van der Waals surface area contributed by atoms with Gasteiger partial charge in [0, 0.05) is 19.5 Å². The van der Waals surface area contributed by atoms with Crippen molar-refractivity contribution in [2.45, 2.75) is 77.6 Å². The van der Waals surface area contributed by atoms with Crippen molar-refractivity contribution in [3.63, 3.8) is 0 Å². The zero-order valence-corrected chi connectivity index (χ0v) is 19.2. The highest BCUT2D eigenvalue weighted by Gasteiger charge is 2.28. The van der Waals surface area contributed by atoms with Crippen LogP contribution in [0.5, 0.6) is 11.8 Å². The number of imidazole rings is 1. The monoisotopic (exact) mass is 474 g/mol. The smallest absolute Gasteiger partial charge is 0.297 e. The number of aryl methyl sites for hydroxylation is 1. The highest BCUT2D eigenvalue weighted by Crippen LogP contribution is 2.33. The molecular formula is C23H30F4N2O4. The summed E-state index contributed by atoms with van der Waals surface area (Å²) in [6.45, 7) is 4.50. The second-order valence-corrected chi connectivity index (χ2v) is 8.76. The first-order valence-electron chi connectivity index (χ1n) is 11.1. The molecule has 1 saturated carbocycles. The highest BCUT2D eigenvalue weighted by molar-refractivity contribution is 5.80. The first-order valence-corrected chi connectivity index (χ1v) is 11.1. The van der Waals surface area contributed by atoms with Crippen LogP contribution in [-0.4, -0.2) is 46.7 Å². The molecule has 1 fully saturated rings. The summed E-state index contributed by atoms with van der Waals surface area (Å²) < 4.78 is 72.0. The Bertz CT molecular complexity index is 973. The summed E-state index contributed by atoms with van der Waals surface area (Å²) in [7, 11) is 1.47. The molecule has 0 radical (unpaired) electrons. The molecule has 0 amide bonds. The van der Waals surface area contributed by atoms with Crippen LogP contribution in [0.1, 0.15) is 52.9 Å². The van der Waals surface area contributed by atoms with Crippen LogP contribution in [-0.2, 0) is 16.6 Å². The molecule has 1 heterocycles. The second kappa shape index (κ2) is 10.7. The van der Waals surface area contributed by atoms with Crippen LogP contribution >= 0.6 is 0 Å². The lowest BCUT2D eigenvalue weighted by Crippen LogP contribution is -2.33. The Morgan fingerprint density at radius 3 is 2.42 bits per heavy atom. The third-order valence-electron chi connectivity index (χ3n) is 6.04. The lowest BCUT2D eigenvalue weighted by molar-refractivity contribution is -0.120. The van der Waals surface area contributed by atoms with Crippen molar-refractivity contribution in [1.29, 1.82) is 0 Å². The molecule has 2 aromatic rings. The van der Waals surface area contributed by atoms with Crippen LogP contribution in [0.2, 0.25) is 0 Å². The van der Waals surface area contributed by atoms with Crippen molar-refractivity contribution in [3.8, 4) is 11.8 Å². The molecular weight excluding hydrogens is 444 g/mol. The Morgan fingerprint density at radius 2 is 1.82 bits per heavy atom. The summed E-state index contributed by atoms with van der Waals surface area (Å²) in [5, 5.41) is 0. The molecule has 1 aromatic carbocycles. The molecule has 0 unspecified atom stereocenters. The number of nitrogens with zero attached hydrogens (tertiary/aromatic N) is 2. The molecule has 0 bridgehead atoms. The summed E-state index contributed by atoms with van der Waals surface area (Å²) in [6, 6.07) is 0.759. The van der Waals surface area contributed by atoms with Crippen molar-refractivity contribution < 1.29 is 36.6 Å². The van der Waals surface area contributed by atoms with Gasteiger partial charge in [0.15, 0.2) is 17.4 Å². The molecule has 0 N–H and O–H groups in total. The summed E-state index contributed by atoms with van der Waals surface area (Å²) in [5.41, 5.74) is -0.459. The third-order valence-corrected chi connectivity index (χ3v) is 6.04. The lowest BCUT2D eigenvalue weighted by Gasteiger charge is -2.32. The van der Waals surface area contributed by atoms with Crippen LogP contribution < -0.4 is 9.47 Å². The fourth-order valence-electron chi connectivity index (χ4n) is 4.11. The van der Waals surface area contributed by atoms with Crippen LogP contribution in [0, 0.1) is 17.6 Å². The van der Waals surface area contributed by atoms with E-state index < -0.39 is 30.4 Å². The first-order chi connectivity index (χ1) is 15.6. The Morgan fingerprint density at radius 1 is 1.18 bits per heavy atom. The number of Topliss-reactive ketones (excluding diaryl/α,β-unsaturated/α-hetero) is 1. The topological polar surface area (TPSA) is 62.6 Å². The standard InChI is InChI=1S/C23H30F4N2O4/c1-12(9-13(2)30)14(3)32-15-5-7-16(8-6-15)33-23-28-21-17(24)10-18(31-11-19(25)26)20(27)22(21)29(23)4/h10,12,14-16,19H,5-9,11H2,1-4H3/t12-,14+,15?,16?/m1/s1. The number of benzene rings is 1. The predicted molar refractivity (Wildman–Crippen MR) is 114 cm³/mol. The van der Waals surface area contributed by atoms with Crippen LogP contribution in [0.4, 0.5) is 17.6 Å². The number of fused-ring (bicyclic) bond motifs is 1. The Hall–Kier alpha value is -2.36. The number of aromatic nitrogens is 2. The number of alkyl halides is 2. The highest BCUT2D eigenvalue weighted by atomic mass is 19.3. The van der Waals surface area contributed by atoms with E-state index in [9.17, 15) is 22.4 Å². The molecule has 2 atom stereocenters. The van der Waals surface area contributed by atoms with Crippen LogP contribution in [0.25, 0.3) is 11.0 Å². The third kappa shape index (κ3) is 6.16. The van der Waals surface area contributed by atoms with Crippen LogP contribution in [0.3, 0.4) is 0 Å². The molecule has 184 valence electrons. The molecule has 1 aliphatic carbocycles. The number of ketones is 1. The van der Waals surface area contributed by atoms with Gasteiger partial charge in [0.1, 0.15) is 29.5 Å². The largest absolute Gasteiger partial charge is 0.484 e. The van der Waals surface area contributed by atoms with E-state index in [-0.39, 0.29) is 47.1 Å². The maximum absolute atomic E-state index is 14.8. The number of carbonyl (C=O) groups is 1. The van der Waals surface area contributed by atoms with Gasteiger partial charge in [-0.25, -0.2) is 17.6 Å². The lowest BCUT2D eigenvalue weighted by atomic mass is 9.94. The van der Waals surface area contributed by atoms with E-state index >= 15 is 0 Å². The molecule has 10 heteroatoms. The number of hydrogen-bond donors (Lipinski definition) is 0. The van der Waals surface area contributed by atoms with Gasteiger partial charge in [-0.1, -0.05) is 6.92 Å². The van der Waals surface area contributed by atoms with Gasteiger partial charge in [-0.05, 0) is 45.4 Å². The van der Waals surface area contributed by atoms with Crippen molar-refractivity contribution in [3.05, 3.63) is 17.7 Å². The van der Waals surface area contributed by atoms with E-state index in [0.29, 0.717) is 25.3 Å². The van der Waals surface area contributed by atoms with E-state index in [1.165, 1.54) is 11.6 Å². The molecule has 0 aliphatic heterocycles. The second-order valence-electron chi connectivity index (χ2n) is 8.76. The molecule has 6 nitrogen and oxygen atoms in total. The average Bonchev–Trinajstić information content (AvgIpc) is 3.07. The number of hydrogen-bond acceptors (Lipinski definition) is 5. The fraction of sp³-hybridized carbons (Fsp3) is 0.652. The zero-order chi connectivity index (χ0) is 24.3. The van der Waals surface area contributed by atoms with Crippen molar-refractivity contribution in [2.24, 2.45) is 13.0 Å². The number of ether oxygens (including phenoxy) is 3. The van der Waals surface area contributed by atoms with Gasteiger partial charge in [-0.2, -0.15) is 4.98 Å². The molecule has 0 saturated heterocycles. The van der Waals surface area contributed by atoms with Gasteiger partial charge in [-0.3, -0.25) is 4.57 Å². The van der Waals surface area contributed by atoms with Crippen molar-refractivity contribution in [1.82, 2.24) is 9.55 Å². The normalized spacial score (nSPS) is 20.8. The summed E-state index contributed by atoms with van der Waals surface area (Å²) in [4.78, 5) is 15.4. The maximum Gasteiger partial charge on any atom is 0.297 e. The van der Waals surface area contributed by atoms with Crippen molar-refractivity contribution >= 4 is 16.8 Å². The fourth-order valence-corrected chi connectivity index (χ4v) is 4.11. The SMILES string of the molecule is CC(=O)C[C@@H](C)[C@H](C)OC1CCC(Oc2nc3c(F)cc(OCC(F)F)c(F)c3n2C)CC1. The minimum atomic E-state index is -2.81. The van der Waals surface area contributed by atoms with Gasteiger partial charge >= 0.3 is 0 Å². The Balaban J connectivity index is 1.64. The minimum absolute atomic E-state index is 0.0383. The van der Waals surface area contributed by atoms with E-state index in [1.807, 2.05) is 13.8 Å². The first kappa shape index (κ1) is 25.3. The number of rotatable bonds is 10. The molecule has 3 rings (SSSR count). The minimum Gasteiger partial charge on any atom is -0.484 e. The molecule has 1 aromatic heterocycles. The molecule has 0 spiro atoms. The summed E-state index contributed by atoms with van der Waals surface area (Å²) in [6.07, 6.45) is 0.334. The summed E-state index contributed by atoms with van der Waals surface area (Å²) >= 11 is 0. The van der Waals surface area contributed by atoms with E-state index in [1.54, 1.807) is 6.92 Å². The van der Waals surface area contributed by atoms with Gasteiger partial charge in [0.2, 0.25) is 0 Å². The Kier molecular flexibility index (Phi) is 8.20. The zero-order valence-electron chi connectivity index (χ0n) is 19.2. The number of halogens is 4. The van der Waals surface area contributed by atoms with Crippen molar-refractivity contribution in [2.75, 3.05) is 6.61 Å².